The highest BCUT2D eigenvalue weighted by molar-refractivity contribution is 7.99. The second kappa shape index (κ2) is 10.4. The van der Waals surface area contributed by atoms with Crippen molar-refractivity contribution in [2.45, 2.75) is 31.0 Å². The summed E-state index contributed by atoms with van der Waals surface area (Å²) in [5.41, 5.74) is 1.07. The van der Waals surface area contributed by atoms with Gasteiger partial charge < -0.3 is 5.32 Å². The van der Waals surface area contributed by atoms with E-state index in [2.05, 4.69) is 20.4 Å². The highest BCUT2D eigenvalue weighted by atomic mass is 35.5. The van der Waals surface area contributed by atoms with Gasteiger partial charge in [-0.3, -0.25) is 14.3 Å². The Kier molecular flexibility index (Phi) is 7.39. The average molecular weight is 478 g/mol. The number of hydrogen-bond donors (Lipinski definition) is 1. The lowest BCUT2D eigenvalue weighted by Gasteiger charge is -2.26. The molecule has 0 spiro atoms. The van der Waals surface area contributed by atoms with Crippen LogP contribution in [-0.2, 0) is 11.3 Å². The molecule has 3 aromatic rings. The number of amides is 1. The van der Waals surface area contributed by atoms with Crippen molar-refractivity contribution in [2.24, 2.45) is 0 Å². The Morgan fingerprint density at radius 1 is 1.03 bits per heavy atom. The molecule has 6 nitrogen and oxygen atoms in total. The number of likely N-dealkylation sites (tertiary alicyclic amines) is 1. The Balaban J connectivity index is 1.50. The van der Waals surface area contributed by atoms with Gasteiger partial charge in [-0.1, -0.05) is 29.8 Å². The van der Waals surface area contributed by atoms with Crippen molar-refractivity contribution < 1.29 is 13.6 Å². The molecule has 168 valence electrons. The van der Waals surface area contributed by atoms with Crippen molar-refractivity contribution in [3.05, 3.63) is 64.9 Å². The Morgan fingerprint density at radius 2 is 1.75 bits per heavy atom. The minimum Gasteiger partial charge on any atom is -0.324 e. The van der Waals surface area contributed by atoms with Crippen LogP contribution in [-0.4, -0.2) is 44.4 Å². The maximum Gasteiger partial charge on any atom is 0.234 e. The fraction of sp³-hybridized carbons (Fsp3) is 0.318. The molecule has 2 heterocycles. The topological polar surface area (TPSA) is 63.1 Å². The van der Waals surface area contributed by atoms with Gasteiger partial charge in [-0.25, -0.2) is 8.78 Å². The first-order chi connectivity index (χ1) is 15.5. The summed E-state index contributed by atoms with van der Waals surface area (Å²) >= 11 is 7.19. The number of carbonyl (C=O) groups excluding carboxylic acids is 1. The zero-order valence-electron chi connectivity index (χ0n) is 17.2. The first-order valence-electron chi connectivity index (χ1n) is 10.3. The predicted molar refractivity (Wildman–Crippen MR) is 121 cm³/mol. The maximum atomic E-state index is 13.5. The highest BCUT2D eigenvalue weighted by Gasteiger charge is 2.20. The van der Waals surface area contributed by atoms with E-state index in [1.807, 2.05) is 4.57 Å². The molecule has 10 heteroatoms. The maximum absolute atomic E-state index is 13.5. The Bertz CT molecular complexity index is 1090. The summed E-state index contributed by atoms with van der Waals surface area (Å²) in [6.07, 6.45) is 3.53. The minimum atomic E-state index is -0.476. The lowest BCUT2D eigenvalue weighted by molar-refractivity contribution is -0.113. The summed E-state index contributed by atoms with van der Waals surface area (Å²) in [5, 5.41) is 12.0. The molecule has 0 unspecified atom stereocenters. The van der Waals surface area contributed by atoms with Crippen LogP contribution in [0.25, 0.3) is 5.69 Å². The quantitative estimate of drug-likeness (QED) is 0.489. The normalized spacial score (nSPS) is 14.5. The molecule has 1 amide bonds. The zero-order chi connectivity index (χ0) is 22.5. The number of hydrogen-bond acceptors (Lipinski definition) is 5. The van der Waals surface area contributed by atoms with Gasteiger partial charge in [0.2, 0.25) is 5.91 Å². The van der Waals surface area contributed by atoms with E-state index in [1.165, 1.54) is 42.4 Å². The third kappa shape index (κ3) is 5.65. The molecular weight excluding hydrogens is 456 g/mol. The van der Waals surface area contributed by atoms with Crippen LogP contribution in [0.3, 0.4) is 0 Å². The lowest BCUT2D eigenvalue weighted by atomic mass is 10.1. The molecule has 1 N–H and O–H groups in total. The highest BCUT2D eigenvalue weighted by Crippen LogP contribution is 2.26. The van der Waals surface area contributed by atoms with E-state index in [9.17, 15) is 13.6 Å². The molecule has 0 bridgehead atoms. The molecular formula is C22H22ClF2N5OS. The molecule has 0 radical (unpaired) electrons. The summed E-state index contributed by atoms with van der Waals surface area (Å²) in [4.78, 5) is 14.8. The van der Waals surface area contributed by atoms with Gasteiger partial charge in [0.25, 0.3) is 0 Å². The van der Waals surface area contributed by atoms with Crippen LogP contribution in [0, 0.1) is 11.6 Å². The minimum absolute atomic E-state index is 0.0523. The Hall–Kier alpha value is -2.49. The number of benzene rings is 2. The second-order valence-corrected chi connectivity index (χ2v) is 8.86. The van der Waals surface area contributed by atoms with E-state index in [1.54, 1.807) is 12.1 Å². The third-order valence-corrected chi connectivity index (χ3v) is 6.38. The summed E-state index contributed by atoms with van der Waals surface area (Å²) in [6, 6.07) is 9.89. The second-order valence-electron chi connectivity index (χ2n) is 7.51. The van der Waals surface area contributed by atoms with E-state index in [-0.39, 0.29) is 22.5 Å². The molecule has 1 aromatic heterocycles. The van der Waals surface area contributed by atoms with Crippen LogP contribution in [0.1, 0.15) is 25.1 Å². The van der Waals surface area contributed by atoms with Crippen molar-refractivity contribution in [1.82, 2.24) is 19.7 Å². The van der Waals surface area contributed by atoms with Crippen molar-refractivity contribution in [3.63, 3.8) is 0 Å². The van der Waals surface area contributed by atoms with Crippen LogP contribution in [0.15, 0.2) is 47.6 Å². The number of nitrogens with zero attached hydrogens (tertiary/aromatic N) is 4. The van der Waals surface area contributed by atoms with Crippen LogP contribution in [0.5, 0.6) is 0 Å². The summed E-state index contributed by atoms with van der Waals surface area (Å²) in [7, 11) is 0. The first-order valence-corrected chi connectivity index (χ1v) is 11.7. The van der Waals surface area contributed by atoms with Gasteiger partial charge in [-0.15, -0.1) is 10.2 Å². The molecule has 1 fully saturated rings. The molecule has 32 heavy (non-hydrogen) atoms. The molecule has 0 aliphatic carbocycles. The SMILES string of the molecule is O=C(CSc1nnc(CN2CCCCC2)n1-c1ccc(F)cc1)Nc1ccc(F)cc1Cl. The third-order valence-electron chi connectivity index (χ3n) is 5.14. The van der Waals surface area contributed by atoms with Crippen LogP contribution in [0.4, 0.5) is 14.5 Å². The van der Waals surface area contributed by atoms with Gasteiger partial charge in [-0.05, 0) is 68.4 Å². The van der Waals surface area contributed by atoms with Gasteiger partial charge in [0, 0.05) is 5.69 Å². The largest absolute Gasteiger partial charge is 0.324 e. The molecule has 1 aliphatic heterocycles. The zero-order valence-corrected chi connectivity index (χ0v) is 18.8. The molecule has 0 atom stereocenters. The van der Waals surface area contributed by atoms with Crippen molar-refractivity contribution in [1.29, 1.82) is 0 Å². The summed E-state index contributed by atoms with van der Waals surface area (Å²) in [5.74, 6) is -0.325. The summed E-state index contributed by atoms with van der Waals surface area (Å²) in [6.45, 7) is 2.63. The van der Waals surface area contributed by atoms with E-state index < -0.39 is 5.82 Å². The van der Waals surface area contributed by atoms with Gasteiger partial charge in [-0.2, -0.15) is 0 Å². The fourth-order valence-electron chi connectivity index (χ4n) is 3.57. The van der Waals surface area contributed by atoms with Gasteiger partial charge >= 0.3 is 0 Å². The monoisotopic (exact) mass is 477 g/mol. The number of carbonyl (C=O) groups is 1. The lowest BCUT2D eigenvalue weighted by Crippen LogP contribution is -2.30. The van der Waals surface area contributed by atoms with Crippen LogP contribution in [0.2, 0.25) is 5.02 Å². The average Bonchev–Trinajstić information content (AvgIpc) is 3.18. The molecule has 1 saturated heterocycles. The number of thioether (sulfide) groups is 1. The smallest absolute Gasteiger partial charge is 0.234 e. The van der Waals surface area contributed by atoms with E-state index in [4.69, 9.17) is 11.6 Å². The molecule has 0 saturated carbocycles. The van der Waals surface area contributed by atoms with Gasteiger partial charge in [0.1, 0.15) is 11.6 Å². The van der Waals surface area contributed by atoms with E-state index >= 15 is 0 Å². The standard InChI is InChI=1S/C22H22ClF2N5OS/c23-18-12-16(25)6-9-19(18)26-21(31)14-32-22-28-27-20(13-29-10-2-1-3-11-29)30(22)17-7-4-15(24)5-8-17/h4-9,12H,1-3,10-11,13-14H2,(H,26,31). The number of rotatable bonds is 7. The van der Waals surface area contributed by atoms with E-state index in [0.29, 0.717) is 17.4 Å². The van der Waals surface area contributed by atoms with Gasteiger partial charge in [0.05, 0.1) is 23.0 Å². The van der Waals surface area contributed by atoms with Crippen LogP contribution < -0.4 is 5.32 Å². The van der Waals surface area contributed by atoms with Crippen molar-refractivity contribution in [3.8, 4) is 5.69 Å². The van der Waals surface area contributed by atoms with Crippen molar-refractivity contribution in [2.75, 3.05) is 24.2 Å². The predicted octanol–water partition coefficient (Wildman–Crippen LogP) is 4.92. The number of anilines is 1. The molecule has 4 rings (SSSR count). The first kappa shape index (κ1) is 22.7. The Labute approximate surface area is 194 Å². The number of halogens is 3. The number of piperidine rings is 1. The van der Waals surface area contributed by atoms with E-state index in [0.717, 1.165) is 43.5 Å². The number of aromatic nitrogens is 3. The molecule has 2 aromatic carbocycles. The number of nitrogens with one attached hydrogen (secondary N) is 1. The summed E-state index contributed by atoms with van der Waals surface area (Å²) < 4.78 is 28.5. The van der Waals surface area contributed by atoms with Crippen molar-refractivity contribution >= 4 is 35.0 Å². The Morgan fingerprint density at radius 3 is 2.47 bits per heavy atom. The van der Waals surface area contributed by atoms with Crippen LogP contribution >= 0.6 is 23.4 Å². The fourth-order valence-corrected chi connectivity index (χ4v) is 4.56. The molecule has 1 aliphatic rings. The van der Waals surface area contributed by atoms with Gasteiger partial charge in [0.15, 0.2) is 11.0 Å².